The summed E-state index contributed by atoms with van der Waals surface area (Å²) in [6.45, 7) is 1.69. The van der Waals surface area contributed by atoms with Gasteiger partial charge in [0.1, 0.15) is 18.0 Å². The Bertz CT molecular complexity index is 1320. The second-order valence-electron chi connectivity index (χ2n) is 6.61. The van der Waals surface area contributed by atoms with E-state index in [1.54, 1.807) is 31.2 Å². The van der Waals surface area contributed by atoms with Gasteiger partial charge in [-0.15, -0.1) is 0 Å². The van der Waals surface area contributed by atoms with E-state index in [1.807, 2.05) is 30.3 Å². The first-order valence-corrected chi connectivity index (χ1v) is 9.18. The van der Waals surface area contributed by atoms with Gasteiger partial charge in [0.05, 0.1) is 22.9 Å². The Morgan fingerprint density at radius 3 is 2.67 bits per heavy atom. The lowest BCUT2D eigenvalue weighted by molar-refractivity contribution is 0.0466. The van der Waals surface area contributed by atoms with Crippen LogP contribution in [0.15, 0.2) is 74.3 Å². The molecule has 4 aromatic heterocycles. The summed E-state index contributed by atoms with van der Waals surface area (Å²) in [7, 11) is 0. The van der Waals surface area contributed by atoms with E-state index in [0.29, 0.717) is 34.0 Å². The van der Waals surface area contributed by atoms with Gasteiger partial charge in [0.2, 0.25) is 0 Å². The predicted molar refractivity (Wildman–Crippen MR) is 105 cm³/mol. The van der Waals surface area contributed by atoms with Gasteiger partial charge in [0, 0.05) is 11.6 Å². The van der Waals surface area contributed by atoms with Crippen LogP contribution in [0.3, 0.4) is 0 Å². The van der Waals surface area contributed by atoms with Crippen LogP contribution < -0.4 is 0 Å². The second kappa shape index (κ2) is 7.32. The third-order valence-corrected chi connectivity index (χ3v) is 4.58. The molecule has 5 aromatic rings. The molecule has 0 bridgehead atoms. The minimum absolute atomic E-state index is 0.0423. The van der Waals surface area contributed by atoms with Crippen molar-refractivity contribution in [2.75, 3.05) is 0 Å². The van der Waals surface area contributed by atoms with E-state index >= 15 is 0 Å². The molecule has 0 N–H and O–H groups in total. The van der Waals surface area contributed by atoms with E-state index in [0.717, 1.165) is 5.56 Å². The number of aryl methyl sites for hydroxylation is 1. The van der Waals surface area contributed by atoms with Crippen LogP contribution in [0.2, 0.25) is 0 Å². The van der Waals surface area contributed by atoms with Gasteiger partial charge in [0.15, 0.2) is 11.5 Å². The SMILES string of the molecule is Cc1noc2nc(-c3ccco3)cc(C(=O)OCc3cc(-c4ccccc4)on3)c12. The zero-order valence-corrected chi connectivity index (χ0v) is 15.9. The Labute approximate surface area is 170 Å². The number of nitrogens with zero attached hydrogens (tertiary/aromatic N) is 3. The van der Waals surface area contributed by atoms with Crippen LogP contribution in [0.4, 0.5) is 0 Å². The summed E-state index contributed by atoms with van der Waals surface area (Å²) in [6, 6.07) is 16.4. The number of esters is 1. The number of furan rings is 1. The molecule has 8 heteroatoms. The fraction of sp³-hybridized carbons (Fsp3) is 0.0909. The average Bonchev–Trinajstić information content (AvgIpc) is 3.54. The van der Waals surface area contributed by atoms with Gasteiger partial charge < -0.3 is 18.2 Å². The van der Waals surface area contributed by atoms with Gasteiger partial charge in [-0.2, -0.15) is 0 Å². The first-order chi connectivity index (χ1) is 14.7. The largest absolute Gasteiger partial charge is 0.463 e. The van der Waals surface area contributed by atoms with Crippen molar-refractivity contribution in [3.8, 4) is 22.8 Å². The van der Waals surface area contributed by atoms with Crippen LogP contribution in [0.5, 0.6) is 0 Å². The number of carbonyl (C=O) groups excluding carboxylic acids is 1. The monoisotopic (exact) mass is 401 g/mol. The van der Waals surface area contributed by atoms with Crippen LogP contribution in [0.1, 0.15) is 21.7 Å². The van der Waals surface area contributed by atoms with Gasteiger partial charge in [-0.3, -0.25) is 0 Å². The highest BCUT2D eigenvalue weighted by Gasteiger charge is 2.21. The van der Waals surface area contributed by atoms with E-state index in [9.17, 15) is 4.79 Å². The van der Waals surface area contributed by atoms with E-state index in [4.69, 9.17) is 18.2 Å². The molecule has 8 nitrogen and oxygen atoms in total. The van der Waals surface area contributed by atoms with Crippen molar-refractivity contribution in [3.05, 3.63) is 77.8 Å². The van der Waals surface area contributed by atoms with Gasteiger partial charge in [-0.1, -0.05) is 40.6 Å². The highest BCUT2D eigenvalue weighted by atomic mass is 16.5. The van der Waals surface area contributed by atoms with E-state index in [1.165, 1.54) is 6.26 Å². The zero-order chi connectivity index (χ0) is 20.5. The summed E-state index contributed by atoms with van der Waals surface area (Å²) in [6.07, 6.45) is 1.53. The fourth-order valence-corrected chi connectivity index (χ4v) is 3.14. The Morgan fingerprint density at radius 2 is 1.87 bits per heavy atom. The number of hydrogen-bond acceptors (Lipinski definition) is 8. The number of pyridine rings is 1. The maximum absolute atomic E-state index is 12.9. The van der Waals surface area contributed by atoms with Gasteiger partial charge >= 0.3 is 5.97 Å². The molecular weight excluding hydrogens is 386 g/mol. The van der Waals surface area contributed by atoms with Crippen molar-refractivity contribution in [3.63, 3.8) is 0 Å². The molecule has 0 aliphatic heterocycles. The summed E-state index contributed by atoms with van der Waals surface area (Å²) in [4.78, 5) is 17.3. The molecule has 0 unspecified atom stereocenters. The molecule has 0 radical (unpaired) electrons. The topological polar surface area (TPSA) is 104 Å². The predicted octanol–water partition coefficient (Wildman–Crippen LogP) is 4.80. The molecule has 0 atom stereocenters. The number of hydrogen-bond donors (Lipinski definition) is 0. The van der Waals surface area contributed by atoms with Crippen LogP contribution in [-0.2, 0) is 11.3 Å². The summed E-state index contributed by atoms with van der Waals surface area (Å²) < 4.78 is 21.5. The van der Waals surface area contributed by atoms with Gasteiger partial charge in [-0.25, -0.2) is 9.78 Å². The first kappa shape index (κ1) is 17.9. The maximum atomic E-state index is 12.9. The van der Waals surface area contributed by atoms with Crippen molar-refractivity contribution in [2.45, 2.75) is 13.5 Å². The lowest BCUT2D eigenvalue weighted by Gasteiger charge is -2.05. The third kappa shape index (κ3) is 3.24. The fourth-order valence-electron chi connectivity index (χ4n) is 3.14. The lowest BCUT2D eigenvalue weighted by atomic mass is 10.1. The Morgan fingerprint density at radius 1 is 1.00 bits per heavy atom. The molecule has 0 amide bonds. The van der Waals surface area contributed by atoms with Crippen molar-refractivity contribution < 1.29 is 23.0 Å². The molecule has 4 heterocycles. The molecule has 1 aromatic carbocycles. The number of benzene rings is 1. The standard InChI is InChI=1S/C22H15N3O5/c1-13-20-16(11-17(18-8-5-9-27-18)23-21(20)30-24-13)22(26)28-12-15-10-19(29-25-15)14-6-3-2-4-7-14/h2-11H,12H2,1H3. The van der Waals surface area contributed by atoms with Crippen molar-refractivity contribution >= 4 is 17.1 Å². The number of carbonyl (C=O) groups is 1. The third-order valence-electron chi connectivity index (χ3n) is 4.58. The smallest absolute Gasteiger partial charge is 0.339 e. The Kier molecular flexibility index (Phi) is 4.36. The quantitative estimate of drug-likeness (QED) is 0.387. The summed E-state index contributed by atoms with van der Waals surface area (Å²) in [5.74, 6) is 0.553. The second-order valence-corrected chi connectivity index (χ2v) is 6.61. The van der Waals surface area contributed by atoms with Crippen LogP contribution >= 0.6 is 0 Å². The molecule has 0 spiro atoms. The summed E-state index contributed by atoms with van der Waals surface area (Å²) in [5, 5.41) is 8.39. The molecule has 5 rings (SSSR count). The van der Waals surface area contributed by atoms with Crippen molar-refractivity contribution in [1.82, 2.24) is 15.3 Å². The molecule has 148 valence electrons. The molecule has 0 aliphatic rings. The maximum Gasteiger partial charge on any atom is 0.339 e. The molecular formula is C22H15N3O5. The van der Waals surface area contributed by atoms with Crippen LogP contribution in [0.25, 0.3) is 33.9 Å². The Hall–Kier alpha value is -4.20. The number of fused-ring (bicyclic) bond motifs is 1. The normalized spacial score (nSPS) is 11.1. The molecule has 0 saturated carbocycles. The number of ether oxygens (including phenoxy) is 1. The lowest BCUT2D eigenvalue weighted by Crippen LogP contribution is -2.07. The average molecular weight is 401 g/mol. The minimum atomic E-state index is -0.550. The summed E-state index contributed by atoms with van der Waals surface area (Å²) in [5.41, 5.74) is 2.91. The Balaban J connectivity index is 1.41. The number of aromatic nitrogens is 3. The number of rotatable bonds is 5. The van der Waals surface area contributed by atoms with Crippen molar-refractivity contribution in [2.24, 2.45) is 0 Å². The summed E-state index contributed by atoms with van der Waals surface area (Å²) >= 11 is 0. The van der Waals surface area contributed by atoms with Crippen LogP contribution in [0, 0.1) is 6.92 Å². The minimum Gasteiger partial charge on any atom is -0.463 e. The molecule has 30 heavy (non-hydrogen) atoms. The molecule has 0 saturated heterocycles. The first-order valence-electron chi connectivity index (χ1n) is 9.18. The molecule has 0 fully saturated rings. The zero-order valence-electron chi connectivity index (χ0n) is 15.9. The van der Waals surface area contributed by atoms with E-state index in [2.05, 4.69) is 15.3 Å². The van der Waals surface area contributed by atoms with Crippen molar-refractivity contribution in [1.29, 1.82) is 0 Å². The highest BCUT2D eigenvalue weighted by Crippen LogP contribution is 2.28. The van der Waals surface area contributed by atoms with E-state index < -0.39 is 5.97 Å². The molecule has 0 aliphatic carbocycles. The van der Waals surface area contributed by atoms with Gasteiger partial charge in [-0.05, 0) is 25.1 Å². The highest BCUT2D eigenvalue weighted by molar-refractivity contribution is 6.04. The van der Waals surface area contributed by atoms with E-state index in [-0.39, 0.29) is 17.9 Å². The van der Waals surface area contributed by atoms with Gasteiger partial charge in [0.25, 0.3) is 5.71 Å². The van der Waals surface area contributed by atoms with Crippen LogP contribution in [-0.4, -0.2) is 21.3 Å².